The molecule has 4 rings (SSSR count). The van der Waals surface area contributed by atoms with E-state index in [4.69, 9.17) is 9.47 Å². The first-order valence-corrected chi connectivity index (χ1v) is 13.1. The molecule has 0 saturated heterocycles. The minimum absolute atomic E-state index is 0.191. The van der Waals surface area contributed by atoms with Crippen LogP contribution < -0.4 is 5.32 Å². The average Bonchev–Trinajstić information content (AvgIpc) is 3.39. The number of Topliss-reactive ketones (excluding diaryl/α,β-unsaturated/α-hetero) is 1. The summed E-state index contributed by atoms with van der Waals surface area (Å²) in [5.41, 5.74) is 4.26. The highest BCUT2D eigenvalue weighted by atomic mass is 32.1. The number of carbonyl (C=O) groups is 3. The maximum Gasteiger partial charge on any atom is 0.336 e. The Hall–Kier alpha value is -3.19. The van der Waals surface area contributed by atoms with Crippen molar-refractivity contribution in [2.45, 2.75) is 51.9 Å². The second-order valence-electron chi connectivity index (χ2n) is 8.68. The van der Waals surface area contributed by atoms with Crippen LogP contribution in [0.3, 0.4) is 0 Å². The van der Waals surface area contributed by atoms with E-state index in [2.05, 4.69) is 12.2 Å². The molecule has 2 aliphatic rings. The maximum absolute atomic E-state index is 14.2. The molecule has 1 aliphatic heterocycles. The highest BCUT2D eigenvalue weighted by Gasteiger charge is 2.49. The molecular weight excluding hydrogens is 462 g/mol. The van der Waals surface area contributed by atoms with Crippen molar-refractivity contribution in [3.8, 4) is 0 Å². The van der Waals surface area contributed by atoms with Crippen LogP contribution in [-0.2, 0) is 23.9 Å². The summed E-state index contributed by atoms with van der Waals surface area (Å²) < 4.78 is 10.8. The third-order valence-electron chi connectivity index (χ3n) is 6.54. The molecule has 1 N–H and O–H groups in total. The van der Waals surface area contributed by atoms with Crippen molar-refractivity contribution in [1.82, 2.24) is 5.32 Å². The van der Waals surface area contributed by atoms with Crippen molar-refractivity contribution in [1.29, 1.82) is 0 Å². The van der Waals surface area contributed by atoms with E-state index in [9.17, 15) is 14.4 Å². The predicted molar refractivity (Wildman–Crippen MR) is 135 cm³/mol. The molecule has 184 valence electrons. The van der Waals surface area contributed by atoms with Gasteiger partial charge in [-0.1, -0.05) is 43.7 Å². The predicted octanol–water partition coefficient (Wildman–Crippen LogP) is 5.24. The van der Waals surface area contributed by atoms with E-state index in [1.54, 1.807) is 13.8 Å². The van der Waals surface area contributed by atoms with Crippen molar-refractivity contribution in [3.05, 3.63) is 80.8 Å². The number of allylic oxidation sites excluding steroid dienone is 3. The summed E-state index contributed by atoms with van der Waals surface area (Å²) in [5.74, 6) is -3.17. The van der Waals surface area contributed by atoms with Crippen molar-refractivity contribution >= 4 is 29.1 Å². The maximum atomic E-state index is 14.2. The molecule has 7 heteroatoms. The van der Waals surface area contributed by atoms with Gasteiger partial charge in [0.25, 0.3) is 0 Å². The lowest BCUT2D eigenvalue weighted by Crippen LogP contribution is -2.43. The number of thiophene rings is 1. The van der Waals surface area contributed by atoms with E-state index in [0.717, 1.165) is 28.9 Å². The van der Waals surface area contributed by atoms with Gasteiger partial charge in [0.15, 0.2) is 5.78 Å². The number of hydrogen-bond donors (Lipinski definition) is 1. The van der Waals surface area contributed by atoms with Crippen LogP contribution in [0.25, 0.3) is 0 Å². The zero-order valence-corrected chi connectivity index (χ0v) is 21.2. The average molecular weight is 494 g/mol. The number of ether oxygens (including phenoxy) is 2. The molecule has 0 bridgehead atoms. The fourth-order valence-corrected chi connectivity index (χ4v) is 5.82. The molecule has 0 amide bonds. The Morgan fingerprint density at radius 2 is 1.77 bits per heavy atom. The lowest BCUT2D eigenvalue weighted by atomic mass is 9.67. The van der Waals surface area contributed by atoms with Crippen LogP contribution in [0.4, 0.5) is 0 Å². The van der Waals surface area contributed by atoms with Gasteiger partial charge in [-0.05, 0) is 54.6 Å². The lowest BCUT2D eigenvalue weighted by Gasteiger charge is -2.39. The first-order chi connectivity index (χ1) is 17.0. The Labute approximate surface area is 210 Å². The zero-order valence-electron chi connectivity index (χ0n) is 20.3. The van der Waals surface area contributed by atoms with Crippen LogP contribution >= 0.6 is 11.3 Å². The van der Waals surface area contributed by atoms with Crippen LogP contribution in [0.1, 0.15) is 63.0 Å². The summed E-state index contributed by atoms with van der Waals surface area (Å²) in [6.45, 7) is 5.99. The number of dihydropyridines is 1. The molecule has 3 atom stereocenters. The molecule has 1 aliphatic carbocycles. The summed E-state index contributed by atoms with van der Waals surface area (Å²) in [4.78, 5) is 40.6. The molecule has 1 aromatic heterocycles. The molecule has 0 fully saturated rings. The van der Waals surface area contributed by atoms with Crippen molar-refractivity contribution in [3.63, 3.8) is 0 Å². The number of rotatable bonds is 8. The van der Waals surface area contributed by atoms with E-state index in [1.807, 2.05) is 47.2 Å². The fraction of sp³-hybridized carbons (Fsp3) is 0.393. The van der Waals surface area contributed by atoms with Crippen LogP contribution in [0.2, 0.25) is 0 Å². The van der Waals surface area contributed by atoms with Gasteiger partial charge >= 0.3 is 11.9 Å². The molecule has 2 heterocycles. The van der Waals surface area contributed by atoms with Gasteiger partial charge < -0.3 is 14.8 Å². The topological polar surface area (TPSA) is 81.7 Å². The highest BCUT2D eigenvalue weighted by Crippen LogP contribution is 2.48. The second-order valence-corrected chi connectivity index (χ2v) is 9.46. The Morgan fingerprint density at radius 1 is 1.03 bits per heavy atom. The van der Waals surface area contributed by atoms with Crippen LogP contribution in [0.15, 0.2) is 69.7 Å². The number of esters is 2. The van der Waals surface area contributed by atoms with Crippen molar-refractivity contribution < 1.29 is 23.9 Å². The van der Waals surface area contributed by atoms with E-state index >= 15 is 0 Å². The van der Waals surface area contributed by atoms with E-state index in [0.29, 0.717) is 24.0 Å². The first kappa shape index (κ1) is 24.9. The monoisotopic (exact) mass is 493 g/mol. The molecule has 1 aromatic carbocycles. The summed E-state index contributed by atoms with van der Waals surface area (Å²) in [6.07, 6.45) is 1.95. The van der Waals surface area contributed by atoms with Crippen molar-refractivity contribution in [2.24, 2.45) is 5.92 Å². The van der Waals surface area contributed by atoms with Gasteiger partial charge in [-0.2, -0.15) is 11.3 Å². The standard InChI is InChI=1S/C28H31NO5S/c1-4-10-20-25(28(32)34-6-3)22(18-13-14-35-16-18)24-21(29-20)15-19(17-11-8-7-9-12-17)23(26(24)30)27(31)33-5-2/h7-9,11-14,16,19,22-23,29H,4-6,10,15H2,1-3H3/t19-,22-,23-/m1/s1. The third kappa shape index (κ3) is 4.82. The summed E-state index contributed by atoms with van der Waals surface area (Å²) >= 11 is 1.51. The molecule has 0 saturated carbocycles. The molecule has 0 unspecified atom stereocenters. The van der Waals surface area contributed by atoms with Gasteiger partial charge in [0.05, 0.1) is 18.8 Å². The molecule has 6 nitrogen and oxygen atoms in total. The molecule has 2 aromatic rings. The Balaban J connectivity index is 1.89. The third-order valence-corrected chi connectivity index (χ3v) is 7.25. The minimum atomic E-state index is -0.977. The van der Waals surface area contributed by atoms with E-state index in [-0.39, 0.29) is 24.9 Å². The minimum Gasteiger partial charge on any atom is -0.465 e. The van der Waals surface area contributed by atoms with Crippen LogP contribution in [-0.4, -0.2) is 30.9 Å². The highest BCUT2D eigenvalue weighted by molar-refractivity contribution is 7.08. The van der Waals surface area contributed by atoms with Gasteiger partial charge in [-0.25, -0.2) is 4.79 Å². The number of benzene rings is 1. The number of hydrogen-bond acceptors (Lipinski definition) is 7. The smallest absolute Gasteiger partial charge is 0.336 e. The summed E-state index contributed by atoms with van der Waals surface area (Å²) in [5, 5.41) is 7.34. The number of nitrogens with one attached hydrogen (secondary N) is 1. The van der Waals surface area contributed by atoms with Gasteiger partial charge in [0, 0.05) is 28.8 Å². The SMILES string of the molecule is CCCC1=C(C(=O)OCC)[C@H](c2ccsc2)C2=C(C[C@H](c3ccccc3)[C@@H](C(=O)OCC)C2=O)N1. The van der Waals surface area contributed by atoms with Crippen molar-refractivity contribution in [2.75, 3.05) is 13.2 Å². The first-order valence-electron chi connectivity index (χ1n) is 12.2. The van der Waals surface area contributed by atoms with Gasteiger partial charge in [0.1, 0.15) is 5.92 Å². The second kappa shape index (κ2) is 11.0. The Bertz CT molecular complexity index is 1150. The van der Waals surface area contributed by atoms with E-state index < -0.39 is 23.8 Å². The lowest BCUT2D eigenvalue weighted by molar-refractivity contribution is -0.152. The number of carbonyl (C=O) groups excluding carboxylic acids is 3. The largest absolute Gasteiger partial charge is 0.465 e. The number of ketones is 1. The zero-order chi connectivity index (χ0) is 24.9. The Kier molecular flexibility index (Phi) is 7.86. The molecular formula is C28H31NO5S. The molecule has 35 heavy (non-hydrogen) atoms. The van der Waals surface area contributed by atoms with Crippen LogP contribution in [0, 0.1) is 5.92 Å². The quantitative estimate of drug-likeness (QED) is 0.400. The normalized spacial score (nSPS) is 21.9. The summed E-state index contributed by atoms with van der Waals surface area (Å²) in [6, 6.07) is 11.6. The Morgan fingerprint density at radius 3 is 2.40 bits per heavy atom. The van der Waals surface area contributed by atoms with Gasteiger partial charge in [0.2, 0.25) is 0 Å². The van der Waals surface area contributed by atoms with Gasteiger partial charge in [-0.15, -0.1) is 0 Å². The van der Waals surface area contributed by atoms with Gasteiger partial charge in [-0.3, -0.25) is 9.59 Å². The molecule has 0 radical (unpaired) electrons. The fourth-order valence-electron chi connectivity index (χ4n) is 5.13. The van der Waals surface area contributed by atoms with Crippen LogP contribution in [0.5, 0.6) is 0 Å². The molecule has 0 spiro atoms. The van der Waals surface area contributed by atoms with E-state index in [1.165, 1.54) is 11.3 Å². The summed E-state index contributed by atoms with van der Waals surface area (Å²) in [7, 11) is 0.